The molecule has 3 atom stereocenters. The smallest absolute Gasteiger partial charge is 0.266 e. The lowest BCUT2D eigenvalue weighted by molar-refractivity contribution is -0.129. The fourth-order valence-corrected chi connectivity index (χ4v) is 3.09. The van der Waals surface area contributed by atoms with Crippen LogP contribution in [0.1, 0.15) is 31.4 Å². The lowest BCUT2D eigenvalue weighted by Crippen LogP contribution is -2.53. The summed E-state index contributed by atoms with van der Waals surface area (Å²) >= 11 is 0. The van der Waals surface area contributed by atoms with Gasteiger partial charge in [-0.2, -0.15) is 0 Å². The highest BCUT2D eigenvalue weighted by molar-refractivity contribution is 5.85. The van der Waals surface area contributed by atoms with Gasteiger partial charge in [0, 0.05) is 23.7 Å². The SMILES string of the molecule is CC1NCCCC1NC(=O)C(Oc1ccc(F)c(F)c1)c1ccccc1.Cl. The Bertz CT molecular complexity index is 761. The van der Waals surface area contributed by atoms with Crippen LogP contribution in [0.2, 0.25) is 0 Å². The van der Waals surface area contributed by atoms with Crippen molar-refractivity contribution in [2.24, 2.45) is 0 Å². The highest BCUT2D eigenvalue weighted by Gasteiger charge is 2.28. The minimum Gasteiger partial charge on any atom is -0.476 e. The fourth-order valence-electron chi connectivity index (χ4n) is 3.09. The summed E-state index contributed by atoms with van der Waals surface area (Å²) < 4.78 is 32.4. The number of hydrogen-bond donors (Lipinski definition) is 2. The average molecular weight is 397 g/mol. The molecule has 0 aromatic heterocycles. The molecule has 3 rings (SSSR count). The molecular formula is C20H23ClF2N2O2. The Hall–Kier alpha value is -2.18. The first-order valence-electron chi connectivity index (χ1n) is 8.75. The van der Waals surface area contributed by atoms with Crippen molar-refractivity contribution in [3.63, 3.8) is 0 Å². The minimum atomic E-state index is -1.01. The molecule has 0 aliphatic carbocycles. The maximum absolute atomic E-state index is 13.5. The zero-order chi connectivity index (χ0) is 18.5. The lowest BCUT2D eigenvalue weighted by atomic mass is 9.99. The quantitative estimate of drug-likeness (QED) is 0.809. The second-order valence-corrected chi connectivity index (χ2v) is 6.48. The van der Waals surface area contributed by atoms with Gasteiger partial charge in [0.2, 0.25) is 6.10 Å². The molecule has 0 bridgehead atoms. The zero-order valence-corrected chi connectivity index (χ0v) is 15.8. The lowest BCUT2D eigenvalue weighted by Gasteiger charge is -2.32. The van der Waals surface area contributed by atoms with Crippen LogP contribution in [0.15, 0.2) is 48.5 Å². The van der Waals surface area contributed by atoms with Gasteiger partial charge in [0.15, 0.2) is 11.6 Å². The largest absolute Gasteiger partial charge is 0.476 e. The third-order valence-electron chi connectivity index (χ3n) is 4.57. The average Bonchev–Trinajstić information content (AvgIpc) is 2.65. The summed E-state index contributed by atoms with van der Waals surface area (Å²) in [6.07, 6.45) is 0.914. The first-order valence-corrected chi connectivity index (χ1v) is 8.75. The van der Waals surface area contributed by atoms with Gasteiger partial charge >= 0.3 is 0 Å². The molecule has 0 spiro atoms. The van der Waals surface area contributed by atoms with E-state index in [2.05, 4.69) is 10.6 Å². The van der Waals surface area contributed by atoms with Gasteiger partial charge in [-0.05, 0) is 38.4 Å². The molecule has 1 heterocycles. The summed E-state index contributed by atoms with van der Waals surface area (Å²) in [6, 6.07) is 12.4. The van der Waals surface area contributed by atoms with E-state index < -0.39 is 17.7 Å². The third-order valence-corrected chi connectivity index (χ3v) is 4.57. The van der Waals surface area contributed by atoms with E-state index in [1.54, 1.807) is 24.3 Å². The van der Waals surface area contributed by atoms with Crippen molar-refractivity contribution in [1.29, 1.82) is 0 Å². The van der Waals surface area contributed by atoms with Crippen molar-refractivity contribution in [3.05, 3.63) is 65.7 Å². The molecule has 1 saturated heterocycles. The van der Waals surface area contributed by atoms with Gasteiger partial charge in [0.05, 0.1) is 0 Å². The Morgan fingerprint density at radius 3 is 2.59 bits per heavy atom. The van der Waals surface area contributed by atoms with Crippen molar-refractivity contribution in [3.8, 4) is 5.75 Å². The monoisotopic (exact) mass is 396 g/mol. The maximum atomic E-state index is 13.5. The summed E-state index contributed by atoms with van der Waals surface area (Å²) in [5, 5.41) is 6.35. The van der Waals surface area contributed by atoms with Gasteiger partial charge < -0.3 is 15.4 Å². The Kier molecular flexibility index (Phi) is 7.56. The topological polar surface area (TPSA) is 50.4 Å². The van der Waals surface area contributed by atoms with Gasteiger partial charge in [-0.25, -0.2) is 8.78 Å². The molecule has 1 aliphatic rings. The molecule has 4 nitrogen and oxygen atoms in total. The van der Waals surface area contributed by atoms with E-state index in [0.717, 1.165) is 31.5 Å². The molecule has 2 aromatic carbocycles. The number of carbonyl (C=O) groups is 1. The predicted octanol–water partition coefficient (Wildman–Crippen LogP) is 3.76. The Morgan fingerprint density at radius 1 is 1.19 bits per heavy atom. The van der Waals surface area contributed by atoms with Crippen molar-refractivity contribution in [1.82, 2.24) is 10.6 Å². The van der Waals surface area contributed by atoms with E-state index in [4.69, 9.17) is 4.74 Å². The summed E-state index contributed by atoms with van der Waals surface area (Å²) in [5.41, 5.74) is 0.645. The minimum absolute atomic E-state index is 0. The van der Waals surface area contributed by atoms with Crippen LogP contribution in [0.5, 0.6) is 5.75 Å². The van der Waals surface area contributed by atoms with Gasteiger partial charge in [-0.3, -0.25) is 4.79 Å². The summed E-state index contributed by atoms with van der Waals surface area (Å²) in [7, 11) is 0. The van der Waals surface area contributed by atoms with E-state index >= 15 is 0 Å². The van der Waals surface area contributed by atoms with Crippen LogP contribution in [0, 0.1) is 11.6 Å². The molecule has 0 radical (unpaired) electrons. The van der Waals surface area contributed by atoms with Gasteiger partial charge in [-0.15, -0.1) is 12.4 Å². The number of nitrogens with one attached hydrogen (secondary N) is 2. The molecule has 1 fully saturated rings. The summed E-state index contributed by atoms with van der Waals surface area (Å²) in [6.45, 7) is 2.96. The van der Waals surface area contributed by atoms with E-state index in [0.29, 0.717) is 5.56 Å². The molecular weight excluding hydrogens is 374 g/mol. The van der Waals surface area contributed by atoms with Crippen molar-refractivity contribution in [2.45, 2.75) is 38.0 Å². The molecule has 1 amide bonds. The van der Waals surface area contributed by atoms with Gasteiger partial charge in [-0.1, -0.05) is 30.3 Å². The normalized spacial score (nSPS) is 20.3. The highest BCUT2D eigenvalue weighted by Crippen LogP contribution is 2.24. The standard InChI is InChI=1S/C20H22F2N2O2.ClH/c1-13-18(8-5-11-23-13)24-20(25)19(14-6-3-2-4-7-14)26-15-9-10-16(21)17(22)12-15;/h2-4,6-7,9-10,12-13,18-19,23H,5,8,11H2,1H3,(H,24,25);1H. The van der Waals surface area contributed by atoms with E-state index in [1.807, 2.05) is 13.0 Å². The fraction of sp³-hybridized carbons (Fsp3) is 0.350. The summed E-state index contributed by atoms with van der Waals surface area (Å²) in [5.74, 6) is -2.18. The Balaban J connectivity index is 0.00000261. The Morgan fingerprint density at radius 2 is 1.93 bits per heavy atom. The molecule has 3 unspecified atom stereocenters. The molecule has 27 heavy (non-hydrogen) atoms. The maximum Gasteiger partial charge on any atom is 0.266 e. The number of benzene rings is 2. The summed E-state index contributed by atoms with van der Waals surface area (Å²) in [4.78, 5) is 12.9. The third kappa shape index (κ3) is 5.40. The van der Waals surface area contributed by atoms with Crippen LogP contribution in [-0.4, -0.2) is 24.5 Å². The van der Waals surface area contributed by atoms with Gasteiger partial charge in [0.25, 0.3) is 5.91 Å². The van der Waals surface area contributed by atoms with Crippen LogP contribution in [0.25, 0.3) is 0 Å². The number of ether oxygens (including phenoxy) is 1. The van der Waals surface area contributed by atoms with Crippen molar-refractivity contribution in [2.75, 3.05) is 6.54 Å². The van der Waals surface area contributed by atoms with Gasteiger partial charge in [0.1, 0.15) is 5.75 Å². The van der Waals surface area contributed by atoms with Crippen LogP contribution in [0.4, 0.5) is 8.78 Å². The molecule has 2 aromatic rings. The number of piperidine rings is 1. The zero-order valence-electron chi connectivity index (χ0n) is 15.0. The van der Waals surface area contributed by atoms with Crippen LogP contribution in [-0.2, 0) is 4.79 Å². The Labute approximate surface area is 163 Å². The molecule has 2 N–H and O–H groups in total. The molecule has 146 valence electrons. The number of rotatable bonds is 5. The predicted molar refractivity (Wildman–Crippen MR) is 102 cm³/mol. The number of carbonyl (C=O) groups excluding carboxylic acids is 1. The number of halogens is 3. The van der Waals surface area contributed by atoms with Crippen LogP contribution < -0.4 is 15.4 Å². The van der Waals surface area contributed by atoms with Crippen LogP contribution in [0.3, 0.4) is 0 Å². The molecule has 7 heteroatoms. The number of amides is 1. The second-order valence-electron chi connectivity index (χ2n) is 6.48. The second kappa shape index (κ2) is 9.67. The first-order chi connectivity index (χ1) is 12.5. The first kappa shape index (κ1) is 21.1. The molecule has 1 aliphatic heterocycles. The van der Waals surface area contributed by atoms with E-state index in [-0.39, 0.29) is 36.1 Å². The van der Waals surface area contributed by atoms with E-state index in [9.17, 15) is 13.6 Å². The highest BCUT2D eigenvalue weighted by atomic mass is 35.5. The van der Waals surface area contributed by atoms with Crippen molar-refractivity contribution < 1.29 is 18.3 Å². The van der Waals surface area contributed by atoms with Crippen LogP contribution >= 0.6 is 12.4 Å². The van der Waals surface area contributed by atoms with E-state index in [1.165, 1.54) is 6.07 Å². The molecule has 0 saturated carbocycles. The van der Waals surface area contributed by atoms with Crippen molar-refractivity contribution >= 4 is 18.3 Å². The number of hydrogen-bond acceptors (Lipinski definition) is 3.